The van der Waals surface area contributed by atoms with E-state index in [1.165, 1.54) is 24.3 Å². The zero-order valence-corrected chi connectivity index (χ0v) is 19.3. The van der Waals surface area contributed by atoms with Gasteiger partial charge in [-0.1, -0.05) is 30.0 Å². The summed E-state index contributed by atoms with van der Waals surface area (Å²) < 4.78 is 34.2. The summed E-state index contributed by atoms with van der Waals surface area (Å²) in [7, 11) is -4.74. The van der Waals surface area contributed by atoms with E-state index in [1.807, 2.05) is 0 Å². The normalized spacial score (nSPS) is 10.7. The third-order valence-electron chi connectivity index (χ3n) is 3.67. The van der Waals surface area contributed by atoms with Crippen molar-refractivity contribution in [2.45, 2.75) is 4.90 Å². The number of nitro groups is 1. The number of rotatable bonds is 4. The van der Waals surface area contributed by atoms with Gasteiger partial charge in [0.25, 0.3) is 5.69 Å². The molecule has 1 radical (unpaired) electrons. The summed E-state index contributed by atoms with van der Waals surface area (Å²) >= 11 is 0. The minimum absolute atomic E-state index is 0. The van der Waals surface area contributed by atoms with E-state index in [0.717, 1.165) is 24.3 Å². The van der Waals surface area contributed by atoms with E-state index >= 15 is 0 Å². The fourth-order valence-electron chi connectivity index (χ4n) is 2.44. The fourth-order valence-corrected chi connectivity index (χ4v) is 3.13. The Morgan fingerprint density at radius 2 is 1.67 bits per heavy atom. The molecule has 2 N–H and O–H groups in total. The maximum Gasteiger partial charge on any atom is 3.00 e. The molecule has 3 rings (SSSR count). The zero-order chi connectivity index (χ0) is 19.8. The number of non-ortho nitro benzene ring substituents is 1. The molecule has 3 aromatic carbocycles. The standard InChI is InChI=1S/C16H11N4O6S.Cr.Na.H2O/c17-12-6-5-10-11(2-1-3-15(10)27(24,25)26)16(12)19-18-13-7-4-9(20(22)23)8-14(13)21;;;/h1-8H,(H3-,17,18,19,21,24,25,26);;;1H2/q-1;+3;+1;/p-3. The minimum Gasteiger partial charge on any atom is -0.871 e. The topological polar surface area (TPSA) is 202 Å². The summed E-state index contributed by atoms with van der Waals surface area (Å²) in [6, 6.07) is 9.49. The summed E-state index contributed by atoms with van der Waals surface area (Å²) in [5, 5.41) is 30.4. The van der Waals surface area contributed by atoms with Crippen molar-refractivity contribution in [1.82, 2.24) is 0 Å². The second kappa shape index (κ2) is 10.8. The second-order valence-electron chi connectivity index (χ2n) is 5.38. The number of nitrogens with one attached hydrogen (secondary N) is 1. The van der Waals surface area contributed by atoms with E-state index in [1.54, 1.807) is 0 Å². The molecule has 0 bridgehead atoms. The predicted molar refractivity (Wildman–Crippen MR) is 94.5 cm³/mol. The SMILES string of the molecule is [Cr+3].[NH-]c1ccc2c(S(=O)(=O)[O-])cccc2c1N=Nc1ccc([N+](=O)[O-])cc1[O-].[Na+].[OH-]. The van der Waals surface area contributed by atoms with Crippen molar-refractivity contribution in [2.24, 2.45) is 10.2 Å². The first-order valence-corrected chi connectivity index (χ1v) is 8.70. The number of nitrogens with zero attached hydrogens (tertiary/aromatic N) is 3. The summed E-state index contributed by atoms with van der Waals surface area (Å²) in [5.74, 6) is -0.734. The Balaban J connectivity index is 0.00000280. The second-order valence-corrected chi connectivity index (χ2v) is 6.72. The van der Waals surface area contributed by atoms with Gasteiger partial charge >= 0.3 is 46.9 Å². The van der Waals surface area contributed by atoms with Gasteiger partial charge in [0.15, 0.2) is 0 Å². The number of azo groups is 1. The van der Waals surface area contributed by atoms with E-state index in [2.05, 4.69) is 10.2 Å². The molecular weight excluding hydrogens is 467 g/mol. The molecule has 0 amide bonds. The Morgan fingerprint density at radius 3 is 2.23 bits per heavy atom. The van der Waals surface area contributed by atoms with Crippen LogP contribution in [-0.4, -0.2) is 23.4 Å². The fraction of sp³-hybridized carbons (Fsp3) is 0. The third kappa shape index (κ3) is 5.75. The summed E-state index contributed by atoms with van der Waals surface area (Å²) in [4.78, 5) is 9.48. The molecule has 0 aliphatic rings. The van der Waals surface area contributed by atoms with Crippen LogP contribution in [0.1, 0.15) is 0 Å². The van der Waals surface area contributed by atoms with Crippen LogP contribution in [-0.2, 0) is 27.5 Å². The number of hydrogen-bond acceptors (Lipinski definition) is 9. The molecule has 0 fully saturated rings. The van der Waals surface area contributed by atoms with Crippen molar-refractivity contribution in [3.05, 3.63) is 64.4 Å². The number of nitro benzene ring substituents is 1. The molecule has 149 valence electrons. The number of hydrogen-bond donors (Lipinski definition) is 0. The van der Waals surface area contributed by atoms with Crippen molar-refractivity contribution in [3.8, 4) is 5.75 Å². The van der Waals surface area contributed by atoms with Gasteiger partial charge in [-0.3, -0.25) is 10.1 Å². The van der Waals surface area contributed by atoms with E-state index in [0.29, 0.717) is 0 Å². The van der Waals surface area contributed by atoms with E-state index in [4.69, 9.17) is 5.73 Å². The first-order valence-electron chi connectivity index (χ1n) is 7.29. The maximum atomic E-state index is 11.9. The van der Waals surface area contributed by atoms with Gasteiger partial charge in [0.05, 0.1) is 21.2 Å². The Morgan fingerprint density at radius 1 is 1.00 bits per heavy atom. The van der Waals surface area contributed by atoms with Crippen LogP contribution in [0.2, 0.25) is 0 Å². The first-order chi connectivity index (χ1) is 12.7. The summed E-state index contributed by atoms with van der Waals surface area (Å²) in [5.41, 5.74) is 7.20. The van der Waals surface area contributed by atoms with Crippen molar-refractivity contribution in [2.75, 3.05) is 0 Å². The van der Waals surface area contributed by atoms with Crippen molar-refractivity contribution >= 4 is 43.6 Å². The number of fused-ring (bicyclic) bond motifs is 1. The third-order valence-corrected chi connectivity index (χ3v) is 4.57. The molecule has 3 aromatic rings. The Hall–Kier alpha value is -2.08. The molecule has 0 spiro atoms. The van der Waals surface area contributed by atoms with E-state index in [9.17, 15) is 28.2 Å². The smallest absolute Gasteiger partial charge is 0.871 e. The minimum atomic E-state index is -4.74. The molecule has 0 unspecified atom stereocenters. The molecule has 0 atom stereocenters. The van der Waals surface area contributed by atoms with Gasteiger partial charge in [-0.15, -0.1) is 5.69 Å². The van der Waals surface area contributed by atoms with Crippen LogP contribution in [0.5, 0.6) is 5.75 Å². The molecule has 0 aromatic heterocycles. The van der Waals surface area contributed by atoms with Gasteiger partial charge in [-0.2, -0.15) is 10.2 Å². The Labute approximate surface area is 203 Å². The first kappa shape index (κ1) is 27.9. The quantitative estimate of drug-likeness (QED) is 0.172. The Bertz CT molecular complexity index is 1220. The average molecular weight is 477 g/mol. The van der Waals surface area contributed by atoms with Crippen LogP contribution in [0, 0.1) is 10.1 Å². The zero-order valence-electron chi connectivity index (χ0n) is 15.2. The molecule has 0 saturated carbocycles. The maximum absolute atomic E-state index is 11.9. The Kier molecular flexibility index (Phi) is 10.1. The molecule has 11 nitrogen and oxygen atoms in total. The van der Waals surface area contributed by atoms with E-state index < -0.39 is 31.4 Å². The molecule has 30 heavy (non-hydrogen) atoms. The van der Waals surface area contributed by atoms with Crippen molar-refractivity contribution in [1.29, 1.82) is 0 Å². The molecule has 14 heteroatoms. The van der Waals surface area contributed by atoms with Crippen LogP contribution < -0.4 is 34.7 Å². The van der Waals surface area contributed by atoms with Crippen LogP contribution in [0.4, 0.5) is 22.7 Å². The average Bonchev–Trinajstić information content (AvgIpc) is 2.60. The monoisotopic (exact) mass is 477 g/mol. The number of benzene rings is 3. The molecular formula is C16H10CrN4NaO7S. The van der Waals surface area contributed by atoms with Crippen LogP contribution in [0.15, 0.2) is 63.7 Å². The largest absolute Gasteiger partial charge is 3.00 e. The van der Waals surface area contributed by atoms with Gasteiger partial charge in [0.1, 0.15) is 10.1 Å². The summed E-state index contributed by atoms with van der Waals surface area (Å²) in [6.45, 7) is 0. The molecule has 0 aliphatic carbocycles. The predicted octanol–water partition coefficient (Wildman–Crippen LogP) is 0.650. The van der Waals surface area contributed by atoms with Gasteiger partial charge in [-0.05, 0) is 12.1 Å². The van der Waals surface area contributed by atoms with Crippen LogP contribution in [0.25, 0.3) is 16.5 Å². The van der Waals surface area contributed by atoms with Gasteiger partial charge in [-0.25, -0.2) is 8.42 Å². The van der Waals surface area contributed by atoms with E-state index in [-0.39, 0.29) is 80.2 Å². The van der Waals surface area contributed by atoms with Gasteiger partial charge < -0.3 is 20.9 Å². The molecule has 0 heterocycles. The van der Waals surface area contributed by atoms with Crippen molar-refractivity contribution in [3.63, 3.8) is 0 Å². The van der Waals surface area contributed by atoms with Crippen molar-refractivity contribution < 1.29 is 75.4 Å². The van der Waals surface area contributed by atoms with Gasteiger partial charge in [0, 0.05) is 22.9 Å². The van der Waals surface area contributed by atoms with Crippen LogP contribution >= 0.6 is 0 Å². The van der Waals surface area contributed by atoms with Gasteiger partial charge in [0.2, 0.25) is 0 Å². The molecule has 0 saturated heterocycles. The van der Waals surface area contributed by atoms with Crippen LogP contribution in [0.3, 0.4) is 0 Å². The summed E-state index contributed by atoms with van der Waals surface area (Å²) in [6.07, 6.45) is 0. The molecule has 0 aliphatic heterocycles.